The Kier molecular flexibility index (Phi) is 8.04. The van der Waals surface area contributed by atoms with Crippen LogP contribution in [0.15, 0.2) is 59.1 Å². The van der Waals surface area contributed by atoms with Crippen LogP contribution in [0.1, 0.15) is 35.2 Å². The van der Waals surface area contributed by atoms with Crippen LogP contribution >= 0.6 is 0 Å². The number of pyridine rings is 1. The summed E-state index contributed by atoms with van der Waals surface area (Å²) in [6.07, 6.45) is 2.91. The number of aromatic nitrogens is 1. The minimum absolute atomic E-state index is 0.227. The second kappa shape index (κ2) is 12.2. The number of fused-ring (bicyclic) bond motifs is 1. The number of ether oxygens (including phenoxy) is 2. The lowest BCUT2D eigenvalue weighted by atomic mass is 10.0. The van der Waals surface area contributed by atoms with Crippen LogP contribution in [0.3, 0.4) is 0 Å². The highest BCUT2D eigenvalue weighted by Gasteiger charge is 2.27. The summed E-state index contributed by atoms with van der Waals surface area (Å²) in [6, 6.07) is 16.6. The number of rotatable bonds is 7. The first-order chi connectivity index (χ1) is 20.5. The zero-order valence-electron chi connectivity index (χ0n) is 23.3. The molecule has 0 unspecified atom stereocenters. The van der Waals surface area contributed by atoms with Gasteiger partial charge in [-0.2, -0.15) is 5.26 Å². The fourth-order valence-electron chi connectivity index (χ4n) is 5.56. The highest BCUT2D eigenvalue weighted by Crippen LogP contribution is 2.38. The van der Waals surface area contributed by atoms with E-state index in [1.165, 1.54) is 7.11 Å². The minimum atomic E-state index is -1.13. The first kappa shape index (κ1) is 27.7. The molecule has 4 aromatic rings. The van der Waals surface area contributed by atoms with E-state index in [2.05, 4.69) is 27.0 Å². The van der Waals surface area contributed by atoms with E-state index in [1.807, 2.05) is 30.3 Å². The fourth-order valence-corrected chi connectivity index (χ4v) is 5.56. The van der Waals surface area contributed by atoms with Crippen LogP contribution in [0.4, 0.5) is 10.1 Å². The Balaban J connectivity index is 1.28. The Labute approximate surface area is 243 Å². The van der Waals surface area contributed by atoms with Gasteiger partial charge in [0.25, 0.3) is 5.91 Å². The van der Waals surface area contributed by atoms with Crippen molar-refractivity contribution in [1.82, 2.24) is 15.6 Å². The van der Waals surface area contributed by atoms with Gasteiger partial charge in [0.1, 0.15) is 29.3 Å². The van der Waals surface area contributed by atoms with E-state index in [4.69, 9.17) is 13.9 Å². The van der Waals surface area contributed by atoms with E-state index in [1.54, 1.807) is 24.4 Å². The Morgan fingerprint density at radius 1 is 1.12 bits per heavy atom. The topological polar surface area (TPSA) is 121 Å². The molecule has 0 aliphatic carbocycles. The largest absolute Gasteiger partial charge is 0.496 e. The predicted molar refractivity (Wildman–Crippen MR) is 157 cm³/mol. The third-order valence-electron chi connectivity index (χ3n) is 7.90. The van der Waals surface area contributed by atoms with Crippen LogP contribution in [0.25, 0.3) is 33.6 Å². The summed E-state index contributed by atoms with van der Waals surface area (Å²) in [6.45, 7) is 2.31. The number of halogens is 1. The molecule has 2 fully saturated rings. The summed E-state index contributed by atoms with van der Waals surface area (Å²) < 4.78 is 31.6. The number of anilines is 1. The molecule has 0 saturated carbocycles. The number of hydrogen-bond donors (Lipinski definition) is 3. The normalized spacial score (nSPS) is 19.3. The Morgan fingerprint density at radius 2 is 1.98 bits per heavy atom. The van der Waals surface area contributed by atoms with E-state index in [-0.39, 0.29) is 18.5 Å². The lowest BCUT2D eigenvalue weighted by molar-refractivity contribution is 0.0891. The molecule has 42 heavy (non-hydrogen) atoms. The van der Waals surface area contributed by atoms with Crippen molar-refractivity contribution in [3.05, 3.63) is 65.9 Å². The first-order valence-electron chi connectivity index (χ1n) is 14.2. The zero-order chi connectivity index (χ0) is 29.1. The molecule has 2 aliphatic heterocycles. The number of benzene rings is 2. The van der Waals surface area contributed by atoms with Gasteiger partial charge >= 0.3 is 0 Å². The summed E-state index contributed by atoms with van der Waals surface area (Å²) >= 11 is 0. The average molecular weight is 570 g/mol. The highest BCUT2D eigenvalue weighted by molar-refractivity contribution is 5.97. The van der Waals surface area contributed by atoms with Crippen molar-refractivity contribution in [3.63, 3.8) is 0 Å². The van der Waals surface area contributed by atoms with Gasteiger partial charge in [0.2, 0.25) is 0 Å². The van der Waals surface area contributed by atoms with Crippen LogP contribution in [-0.4, -0.2) is 62.6 Å². The molecule has 3 N–H and O–H groups in total. The van der Waals surface area contributed by atoms with Crippen LogP contribution in [0.2, 0.25) is 0 Å². The van der Waals surface area contributed by atoms with E-state index >= 15 is 0 Å². The maximum absolute atomic E-state index is 14.2. The molecule has 2 aromatic heterocycles. The zero-order valence-corrected chi connectivity index (χ0v) is 23.3. The van der Waals surface area contributed by atoms with E-state index < -0.39 is 12.2 Å². The van der Waals surface area contributed by atoms with Crippen molar-refractivity contribution in [3.8, 4) is 34.3 Å². The molecule has 10 heteroatoms. The van der Waals surface area contributed by atoms with Crippen molar-refractivity contribution in [1.29, 1.82) is 5.26 Å². The number of piperidine rings is 1. The molecular formula is C32H32FN5O4. The molecule has 0 spiro atoms. The van der Waals surface area contributed by atoms with Crippen molar-refractivity contribution >= 4 is 22.7 Å². The lowest BCUT2D eigenvalue weighted by Gasteiger charge is -2.27. The maximum atomic E-state index is 14.2. The van der Waals surface area contributed by atoms with Gasteiger partial charge in [-0.3, -0.25) is 9.78 Å². The maximum Gasteiger partial charge on any atom is 0.251 e. The van der Waals surface area contributed by atoms with E-state index in [0.717, 1.165) is 29.7 Å². The van der Waals surface area contributed by atoms with Gasteiger partial charge in [-0.25, -0.2) is 4.39 Å². The summed E-state index contributed by atoms with van der Waals surface area (Å²) in [5.41, 5.74) is 5.23. The Bertz CT molecular complexity index is 1640. The van der Waals surface area contributed by atoms with Gasteiger partial charge < -0.3 is 29.8 Å². The van der Waals surface area contributed by atoms with E-state index in [9.17, 15) is 14.4 Å². The standard InChI is InChI=1S/C32H32FN5O4/c1-40-29-15-20(32(39)38-27-7-10-35-18-25(27)33)2-4-24(29)30-16-28-31(42-30)23(6-11-36-28)19-3-5-26(21(14-19)17-34)37-22-8-12-41-13-9-22/h2-6,11,14-16,22,25,27,35,37H,7-10,12-13,18H2,1H3,(H,38,39)/t25-,27-/m1/s1. The molecule has 0 bridgehead atoms. The van der Waals surface area contributed by atoms with Crippen LogP contribution in [-0.2, 0) is 4.74 Å². The van der Waals surface area contributed by atoms with Gasteiger partial charge in [-0.1, -0.05) is 6.07 Å². The van der Waals surface area contributed by atoms with Gasteiger partial charge in [-0.15, -0.1) is 0 Å². The van der Waals surface area contributed by atoms with Crippen LogP contribution < -0.4 is 20.7 Å². The molecule has 0 radical (unpaired) electrons. The van der Waals surface area contributed by atoms with Crippen molar-refractivity contribution in [2.24, 2.45) is 0 Å². The Hall–Kier alpha value is -4.46. The molecule has 6 rings (SSSR count). The molecule has 4 heterocycles. The quantitative estimate of drug-likeness (QED) is 0.282. The second-order valence-corrected chi connectivity index (χ2v) is 10.6. The van der Waals surface area contributed by atoms with E-state index in [0.29, 0.717) is 65.5 Å². The van der Waals surface area contributed by atoms with Crippen molar-refractivity contribution in [2.45, 2.75) is 37.5 Å². The number of carbonyl (C=O) groups excluding carboxylic acids is 1. The number of nitrogens with zero attached hydrogens (tertiary/aromatic N) is 2. The van der Waals surface area contributed by atoms with Gasteiger partial charge in [0, 0.05) is 49.2 Å². The average Bonchev–Trinajstić information content (AvgIpc) is 3.47. The van der Waals surface area contributed by atoms with Gasteiger partial charge in [-0.05, 0) is 67.8 Å². The number of nitrogens with one attached hydrogen (secondary N) is 3. The Morgan fingerprint density at radius 3 is 2.76 bits per heavy atom. The SMILES string of the molecule is COc1cc(C(=O)N[C@@H]2CCNC[C@H]2F)ccc1-c1cc2nccc(-c3ccc(NC4CCOCC4)c(C#N)c3)c2o1. The number of nitriles is 1. The van der Waals surface area contributed by atoms with Crippen molar-refractivity contribution < 1.29 is 23.1 Å². The molecule has 2 aliphatic rings. The molecular weight excluding hydrogens is 537 g/mol. The number of methoxy groups -OCH3 is 1. The summed E-state index contributed by atoms with van der Waals surface area (Å²) in [4.78, 5) is 17.4. The highest BCUT2D eigenvalue weighted by atomic mass is 19.1. The van der Waals surface area contributed by atoms with Gasteiger partial charge in [0.05, 0.1) is 30.0 Å². The molecule has 9 nitrogen and oxygen atoms in total. The number of hydrogen-bond acceptors (Lipinski definition) is 8. The first-order valence-corrected chi connectivity index (χ1v) is 14.2. The number of carbonyl (C=O) groups is 1. The molecule has 216 valence electrons. The monoisotopic (exact) mass is 569 g/mol. The van der Waals surface area contributed by atoms with Crippen LogP contribution in [0, 0.1) is 11.3 Å². The minimum Gasteiger partial charge on any atom is -0.496 e. The third kappa shape index (κ3) is 5.66. The van der Waals surface area contributed by atoms with Crippen LogP contribution in [0.5, 0.6) is 5.75 Å². The molecule has 2 aromatic carbocycles. The molecule has 2 saturated heterocycles. The molecule has 1 amide bonds. The number of alkyl halides is 1. The number of furan rings is 1. The predicted octanol–water partition coefficient (Wildman–Crippen LogP) is 5.06. The van der Waals surface area contributed by atoms with Crippen molar-refractivity contribution in [2.75, 3.05) is 38.7 Å². The smallest absolute Gasteiger partial charge is 0.251 e. The van der Waals surface area contributed by atoms with Gasteiger partial charge in [0.15, 0.2) is 5.58 Å². The lowest BCUT2D eigenvalue weighted by Crippen LogP contribution is -2.50. The number of amides is 1. The molecule has 2 atom stereocenters. The summed E-state index contributed by atoms with van der Waals surface area (Å²) in [5.74, 6) is 0.612. The fraction of sp³-hybridized carbons (Fsp3) is 0.344. The third-order valence-corrected chi connectivity index (χ3v) is 7.90. The second-order valence-electron chi connectivity index (χ2n) is 10.6. The summed E-state index contributed by atoms with van der Waals surface area (Å²) in [5, 5.41) is 19.2. The summed E-state index contributed by atoms with van der Waals surface area (Å²) in [7, 11) is 1.52.